The summed E-state index contributed by atoms with van der Waals surface area (Å²) >= 11 is 0. The predicted octanol–water partition coefficient (Wildman–Crippen LogP) is 3.26. The summed E-state index contributed by atoms with van der Waals surface area (Å²) < 4.78 is 5.76. The highest BCUT2D eigenvalue weighted by Crippen LogP contribution is 2.33. The standard InChI is InChI=1S/C11H18O/c1-9-6-7-12-11-5-3-2-4-10(11)8-9/h9H,2-8H2,1H3. The molecule has 1 unspecified atom stereocenters. The summed E-state index contributed by atoms with van der Waals surface area (Å²) in [6, 6.07) is 0. The highest BCUT2D eigenvalue weighted by atomic mass is 16.5. The van der Waals surface area contributed by atoms with Crippen molar-refractivity contribution < 1.29 is 4.74 Å². The highest BCUT2D eigenvalue weighted by molar-refractivity contribution is 5.13. The maximum Gasteiger partial charge on any atom is 0.0951 e. The predicted molar refractivity (Wildman–Crippen MR) is 49.8 cm³/mol. The van der Waals surface area contributed by atoms with E-state index in [4.69, 9.17) is 4.74 Å². The molecule has 0 N–H and O–H groups in total. The Morgan fingerprint density at radius 1 is 1.25 bits per heavy atom. The van der Waals surface area contributed by atoms with Crippen LogP contribution in [0.2, 0.25) is 0 Å². The van der Waals surface area contributed by atoms with Gasteiger partial charge in [0, 0.05) is 6.42 Å². The minimum atomic E-state index is 0.843. The highest BCUT2D eigenvalue weighted by Gasteiger charge is 2.19. The molecule has 2 aliphatic rings. The molecule has 1 nitrogen and oxygen atoms in total. The van der Waals surface area contributed by atoms with Gasteiger partial charge in [0.1, 0.15) is 0 Å². The Morgan fingerprint density at radius 3 is 3.00 bits per heavy atom. The Bertz CT molecular complexity index is 193. The van der Waals surface area contributed by atoms with Gasteiger partial charge in [-0.1, -0.05) is 6.92 Å². The van der Waals surface area contributed by atoms with Crippen molar-refractivity contribution >= 4 is 0 Å². The summed E-state index contributed by atoms with van der Waals surface area (Å²) in [6.45, 7) is 3.30. The molecule has 0 saturated heterocycles. The van der Waals surface area contributed by atoms with E-state index < -0.39 is 0 Å². The van der Waals surface area contributed by atoms with Crippen molar-refractivity contribution in [1.29, 1.82) is 0 Å². The Kier molecular flexibility index (Phi) is 2.38. The normalized spacial score (nSPS) is 30.6. The van der Waals surface area contributed by atoms with Crippen LogP contribution >= 0.6 is 0 Å². The lowest BCUT2D eigenvalue weighted by Gasteiger charge is -2.18. The third kappa shape index (κ3) is 1.65. The Balaban J connectivity index is 2.12. The van der Waals surface area contributed by atoms with Gasteiger partial charge in [-0.25, -0.2) is 0 Å². The van der Waals surface area contributed by atoms with Gasteiger partial charge < -0.3 is 4.74 Å². The van der Waals surface area contributed by atoms with Crippen molar-refractivity contribution in [2.75, 3.05) is 6.61 Å². The molecule has 1 heterocycles. The van der Waals surface area contributed by atoms with Gasteiger partial charge in [0.25, 0.3) is 0 Å². The van der Waals surface area contributed by atoms with E-state index in [1.807, 2.05) is 0 Å². The van der Waals surface area contributed by atoms with Gasteiger partial charge in [-0.2, -0.15) is 0 Å². The van der Waals surface area contributed by atoms with Crippen molar-refractivity contribution in [3.63, 3.8) is 0 Å². The minimum absolute atomic E-state index is 0.843. The van der Waals surface area contributed by atoms with E-state index in [9.17, 15) is 0 Å². The fraction of sp³-hybridized carbons (Fsp3) is 0.818. The topological polar surface area (TPSA) is 9.23 Å². The van der Waals surface area contributed by atoms with Crippen molar-refractivity contribution in [1.82, 2.24) is 0 Å². The number of rotatable bonds is 0. The van der Waals surface area contributed by atoms with Gasteiger partial charge in [-0.3, -0.25) is 0 Å². The van der Waals surface area contributed by atoms with Gasteiger partial charge >= 0.3 is 0 Å². The lowest BCUT2D eigenvalue weighted by atomic mass is 9.90. The molecular weight excluding hydrogens is 148 g/mol. The first-order valence-electron chi connectivity index (χ1n) is 5.20. The molecular formula is C11H18O. The third-order valence-electron chi connectivity index (χ3n) is 3.01. The van der Waals surface area contributed by atoms with Crippen LogP contribution in [0, 0.1) is 5.92 Å². The van der Waals surface area contributed by atoms with Crippen molar-refractivity contribution in [2.45, 2.75) is 45.4 Å². The van der Waals surface area contributed by atoms with Gasteiger partial charge in [0.15, 0.2) is 0 Å². The number of allylic oxidation sites excluding steroid dienone is 2. The summed E-state index contributed by atoms with van der Waals surface area (Å²) in [4.78, 5) is 0. The second-order valence-electron chi connectivity index (χ2n) is 4.18. The van der Waals surface area contributed by atoms with E-state index >= 15 is 0 Å². The summed E-state index contributed by atoms with van der Waals surface area (Å²) in [7, 11) is 0. The molecule has 0 aromatic carbocycles. The third-order valence-corrected chi connectivity index (χ3v) is 3.01. The summed E-state index contributed by atoms with van der Waals surface area (Å²) in [6.07, 6.45) is 7.78. The molecule has 1 heteroatoms. The molecule has 2 rings (SSSR count). The number of hydrogen-bond donors (Lipinski definition) is 0. The molecule has 0 amide bonds. The molecule has 68 valence electrons. The molecule has 0 aromatic rings. The van der Waals surface area contributed by atoms with Crippen LogP contribution in [0.25, 0.3) is 0 Å². The second kappa shape index (κ2) is 3.51. The van der Waals surface area contributed by atoms with E-state index in [-0.39, 0.29) is 0 Å². The molecule has 0 saturated carbocycles. The molecule has 0 spiro atoms. The maximum atomic E-state index is 5.76. The number of ether oxygens (including phenoxy) is 1. The van der Waals surface area contributed by atoms with Gasteiger partial charge in [-0.05, 0) is 43.6 Å². The molecule has 0 fully saturated rings. The molecule has 1 aliphatic carbocycles. The van der Waals surface area contributed by atoms with Crippen molar-refractivity contribution in [3.8, 4) is 0 Å². The first-order valence-corrected chi connectivity index (χ1v) is 5.20. The average Bonchev–Trinajstić information content (AvgIpc) is 2.25. The van der Waals surface area contributed by atoms with Crippen LogP contribution in [0.3, 0.4) is 0 Å². The van der Waals surface area contributed by atoms with Crippen LogP contribution in [0.5, 0.6) is 0 Å². The fourth-order valence-corrected chi connectivity index (χ4v) is 2.24. The second-order valence-corrected chi connectivity index (χ2v) is 4.18. The molecule has 1 atom stereocenters. The number of hydrogen-bond acceptors (Lipinski definition) is 1. The van der Waals surface area contributed by atoms with Crippen LogP contribution in [0.4, 0.5) is 0 Å². The zero-order valence-corrected chi connectivity index (χ0v) is 7.94. The molecule has 12 heavy (non-hydrogen) atoms. The van der Waals surface area contributed by atoms with Gasteiger partial charge in [0.2, 0.25) is 0 Å². The van der Waals surface area contributed by atoms with Gasteiger partial charge in [-0.15, -0.1) is 0 Å². The summed E-state index contributed by atoms with van der Waals surface area (Å²) in [5.74, 6) is 2.20. The van der Waals surface area contributed by atoms with Gasteiger partial charge in [0.05, 0.1) is 12.4 Å². The first-order chi connectivity index (χ1) is 5.86. The smallest absolute Gasteiger partial charge is 0.0951 e. The Labute approximate surface area is 74.8 Å². The van der Waals surface area contributed by atoms with Crippen LogP contribution in [-0.4, -0.2) is 6.61 Å². The molecule has 0 bridgehead atoms. The van der Waals surface area contributed by atoms with E-state index in [0.717, 1.165) is 12.5 Å². The largest absolute Gasteiger partial charge is 0.498 e. The van der Waals surface area contributed by atoms with Crippen LogP contribution < -0.4 is 0 Å². The van der Waals surface area contributed by atoms with Crippen molar-refractivity contribution in [3.05, 3.63) is 11.3 Å². The fourth-order valence-electron chi connectivity index (χ4n) is 2.24. The molecule has 0 aromatic heterocycles. The molecule has 0 radical (unpaired) electrons. The maximum absolute atomic E-state index is 5.76. The quantitative estimate of drug-likeness (QED) is 0.536. The van der Waals surface area contributed by atoms with E-state index in [0.29, 0.717) is 0 Å². The lowest BCUT2D eigenvalue weighted by molar-refractivity contribution is 0.189. The van der Waals surface area contributed by atoms with E-state index in [1.165, 1.54) is 44.3 Å². The van der Waals surface area contributed by atoms with Crippen LogP contribution in [0.15, 0.2) is 11.3 Å². The Morgan fingerprint density at radius 2 is 2.08 bits per heavy atom. The molecule has 1 aliphatic heterocycles. The monoisotopic (exact) mass is 166 g/mol. The zero-order chi connectivity index (χ0) is 8.39. The average molecular weight is 166 g/mol. The summed E-state index contributed by atoms with van der Waals surface area (Å²) in [5.41, 5.74) is 1.63. The van der Waals surface area contributed by atoms with E-state index in [1.54, 1.807) is 5.57 Å². The van der Waals surface area contributed by atoms with E-state index in [2.05, 4.69) is 6.92 Å². The van der Waals surface area contributed by atoms with Crippen molar-refractivity contribution in [2.24, 2.45) is 5.92 Å². The summed E-state index contributed by atoms with van der Waals surface area (Å²) in [5, 5.41) is 0. The SMILES string of the molecule is CC1CCOC2=C(CCCC2)C1. The first kappa shape index (κ1) is 8.15. The van der Waals surface area contributed by atoms with Crippen LogP contribution in [0.1, 0.15) is 45.4 Å². The minimum Gasteiger partial charge on any atom is -0.498 e. The Hall–Kier alpha value is -0.460. The lowest BCUT2D eigenvalue weighted by Crippen LogP contribution is -2.01. The zero-order valence-electron chi connectivity index (χ0n) is 7.94. The van der Waals surface area contributed by atoms with Crippen LogP contribution in [-0.2, 0) is 4.74 Å².